The van der Waals surface area contributed by atoms with Crippen molar-refractivity contribution >= 4 is 17.6 Å². The molecule has 3 aliphatic rings. The van der Waals surface area contributed by atoms with Gasteiger partial charge in [0.25, 0.3) is 0 Å². The number of carbonyl (C=O) groups excluding carboxylic acids is 2. The Hall–Kier alpha value is -2.14. The Labute approximate surface area is 154 Å². The maximum absolute atomic E-state index is 13.2. The molecule has 3 aliphatic heterocycles. The zero-order valence-electron chi connectivity index (χ0n) is 15.3. The monoisotopic (exact) mass is 355 g/mol. The summed E-state index contributed by atoms with van der Waals surface area (Å²) in [5.41, 5.74) is 1.30. The van der Waals surface area contributed by atoms with Crippen LogP contribution in [0.3, 0.4) is 0 Å². The van der Waals surface area contributed by atoms with Crippen LogP contribution in [0.15, 0.2) is 36.4 Å². The van der Waals surface area contributed by atoms with Gasteiger partial charge in [0.2, 0.25) is 5.91 Å². The van der Waals surface area contributed by atoms with Crippen LogP contribution in [0.4, 0.5) is 5.69 Å². The maximum Gasteiger partial charge on any atom is 0.312 e. The van der Waals surface area contributed by atoms with Crippen molar-refractivity contribution in [3.8, 4) is 0 Å². The van der Waals surface area contributed by atoms with Crippen molar-refractivity contribution in [1.29, 1.82) is 0 Å². The smallest absolute Gasteiger partial charge is 0.312 e. The van der Waals surface area contributed by atoms with Crippen molar-refractivity contribution in [1.82, 2.24) is 0 Å². The molecule has 4 atom stereocenters. The summed E-state index contributed by atoms with van der Waals surface area (Å²) in [5.74, 6) is -1.38. The van der Waals surface area contributed by atoms with Crippen LogP contribution in [0.1, 0.15) is 31.7 Å². The number of benzene rings is 1. The highest BCUT2D eigenvalue weighted by Gasteiger charge is 2.67. The largest absolute Gasteiger partial charge is 0.465 e. The second-order valence-electron chi connectivity index (χ2n) is 7.53. The highest BCUT2D eigenvalue weighted by atomic mass is 16.6. The first-order valence-electron chi connectivity index (χ1n) is 9.47. The van der Waals surface area contributed by atoms with E-state index in [0.717, 1.165) is 30.5 Å². The average Bonchev–Trinajstić information content (AvgIpc) is 3.28. The number of anilines is 1. The van der Waals surface area contributed by atoms with E-state index in [0.29, 0.717) is 13.2 Å². The molecule has 5 heteroatoms. The van der Waals surface area contributed by atoms with Gasteiger partial charge in [-0.15, -0.1) is 0 Å². The SMILES string of the molecule is CCCCCOC(=O)[C@@H]1[C@H]2C=C[C@]3(CN(c4ccc(C)cc4)C(=O)[C@@H]13)O2. The highest BCUT2D eigenvalue weighted by Crippen LogP contribution is 2.52. The Morgan fingerprint density at radius 3 is 2.81 bits per heavy atom. The molecule has 2 bridgehead atoms. The summed E-state index contributed by atoms with van der Waals surface area (Å²) in [5, 5.41) is 0. The topological polar surface area (TPSA) is 55.8 Å². The Balaban J connectivity index is 1.53. The van der Waals surface area contributed by atoms with Gasteiger partial charge in [0.1, 0.15) is 11.5 Å². The molecule has 1 amide bonds. The van der Waals surface area contributed by atoms with E-state index in [9.17, 15) is 9.59 Å². The third-order valence-corrected chi connectivity index (χ3v) is 5.71. The Kier molecular flexibility index (Phi) is 4.35. The fraction of sp³-hybridized carbons (Fsp3) is 0.524. The standard InChI is InChI=1S/C21H25NO4/c1-3-4-5-12-25-20(24)17-16-10-11-21(26-16)13-22(19(23)18(17)21)15-8-6-14(2)7-9-15/h6-11,16-18H,3-5,12-13H2,1-2H3/t16-,17-,18-,21-/m1/s1. The first-order chi connectivity index (χ1) is 12.6. The number of nitrogens with zero attached hydrogens (tertiary/aromatic N) is 1. The molecular formula is C21H25NO4. The van der Waals surface area contributed by atoms with Gasteiger partial charge in [-0.05, 0) is 25.5 Å². The molecule has 26 heavy (non-hydrogen) atoms. The summed E-state index contributed by atoms with van der Waals surface area (Å²) in [7, 11) is 0. The molecule has 1 spiro atoms. The summed E-state index contributed by atoms with van der Waals surface area (Å²) in [6.45, 7) is 4.99. The van der Waals surface area contributed by atoms with Crippen LogP contribution in [0.2, 0.25) is 0 Å². The highest BCUT2D eigenvalue weighted by molar-refractivity contribution is 6.02. The van der Waals surface area contributed by atoms with E-state index in [1.54, 1.807) is 4.90 Å². The van der Waals surface area contributed by atoms with Crippen LogP contribution in [-0.4, -0.2) is 36.7 Å². The van der Waals surface area contributed by atoms with Gasteiger partial charge in [-0.2, -0.15) is 0 Å². The molecule has 0 saturated carbocycles. The summed E-state index contributed by atoms with van der Waals surface area (Å²) in [4.78, 5) is 27.6. The second-order valence-corrected chi connectivity index (χ2v) is 7.53. The van der Waals surface area contributed by atoms with Crippen LogP contribution in [-0.2, 0) is 19.1 Å². The van der Waals surface area contributed by atoms with Gasteiger partial charge in [-0.3, -0.25) is 9.59 Å². The van der Waals surface area contributed by atoms with Crippen molar-refractivity contribution in [2.45, 2.75) is 44.8 Å². The Morgan fingerprint density at radius 1 is 1.31 bits per heavy atom. The van der Waals surface area contributed by atoms with E-state index in [1.165, 1.54) is 0 Å². The minimum absolute atomic E-state index is 0.0452. The summed E-state index contributed by atoms with van der Waals surface area (Å²) >= 11 is 0. The second kappa shape index (κ2) is 6.54. The number of ether oxygens (including phenoxy) is 2. The molecule has 0 unspecified atom stereocenters. The van der Waals surface area contributed by atoms with Gasteiger partial charge in [0.15, 0.2) is 0 Å². The molecule has 0 radical (unpaired) electrons. The minimum Gasteiger partial charge on any atom is -0.465 e. The number of unbranched alkanes of at least 4 members (excludes halogenated alkanes) is 2. The molecular weight excluding hydrogens is 330 g/mol. The maximum atomic E-state index is 13.2. The molecule has 1 aromatic carbocycles. The quantitative estimate of drug-likeness (QED) is 0.447. The Morgan fingerprint density at radius 2 is 2.08 bits per heavy atom. The van der Waals surface area contributed by atoms with Gasteiger partial charge in [0, 0.05) is 5.69 Å². The fourth-order valence-corrected chi connectivity index (χ4v) is 4.33. The van der Waals surface area contributed by atoms with E-state index in [-0.39, 0.29) is 18.0 Å². The van der Waals surface area contributed by atoms with E-state index >= 15 is 0 Å². The van der Waals surface area contributed by atoms with Gasteiger partial charge >= 0.3 is 5.97 Å². The summed E-state index contributed by atoms with van der Waals surface area (Å²) in [6, 6.07) is 7.86. The molecule has 0 aromatic heterocycles. The molecule has 0 N–H and O–H groups in total. The van der Waals surface area contributed by atoms with Crippen molar-refractivity contribution in [2.24, 2.45) is 11.8 Å². The zero-order valence-corrected chi connectivity index (χ0v) is 15.3. The zero-order chi connectivity index (χ0) is 18.3. The Bertz CT molecular complexity index is 741. The number of hydrogen-bond donors (Lipinski definition) is 0. The minimum atomic E-state index is -0.695. The lowest BCUT2D eigenvalue weighted by Gasteiger charge is -2.22. The van der Waals surface area contributed by atoms with Crippen LogP contribution >= 0.6 is 0 Å². The van der Waals surface area contributed by atoms with Crippen molar-refractivity contribution < 1.29 is 19.1 Å². The first-order valence-corrected chi connectivity index (χ1v) is 9.47. The predicted molar refractivity (Wildman–Crippen MR) is 97.7 cm³/mol. The number of fused-ring (bicyclic) bond motifs is 1. The van der Waals surface area contributed by atoms with E-state index in [4.69, 9.17) is 9.47 Å². The number of hydrogen-bond acceptors (Lipinski definition) is 4. The van der Waals surface area contributed by atoms with Crippen LogP contribution in [0, 0.1) is 18.8 Å². The number of carbonyl (C=O) groups is 2. The number of aryl methyl sites for hydroxylation is 1. The summed E-state index contributed by atoms with van der Waals surface area (Å²) < 4.78 is 11.6. The van der Waals surface area contributed by atoms with Gasteiger partial charge < -0.3 is 14.4 Å². The fourth-order valence-electron chi connectivity index (χ4n) is 4.33. The lowest BCUT2D eigenvalue weighted by molar-refractivity contribution is -0.152. The van der Waals surface area contributed by atoms with Crippen molar-refractivity contribution in [3.63, 3.8) is 0 Å². The van der Waals surface area contributed by atoms with Crippen LogP contribution in [0.25, 0.3) is 0 Å². The van der Waals surface area contributed by atoms with E-state index < -0.39 is 17.4 Å². The summed E-state index contributed by atoms with van der Waals surface area (Å²) in [6.07, 6.45) is 6.50. The van der Waals surface area contributed by atoms with Crippen LogP contribution in [0.5, 0.6) is 0 Å². The number of rotatable bonds is 6. The molecule has 3 heterocycles. The molecule has 4 rings (SSSR count). The normalized spacial score (nSPS) is 31.5. The van der Waals surface area contributed by atoms with Gasteiger partial charge in [0.05, 0.1) is 25.2 Å². The molecule has 1 aromatic rings. The number of amides is 1. The average molecular weight is 355 g/mol. The van der Waals surface area contributed by atoms with Crippen LogP contribution < -0.4 is 4.90 Å². The third-order valence-electron chi connectivity index (χ3n) is 5.71. The molecule has 138 valence electrons. The number of esters is 1. The first kappa shape index (κ1) is 17.3. The van der Waals surface area contributed by atoms with E-state index in [2.05, 4.69) is 6.92 Å². The molecule has 2 saturated heterocycles. The van der Waals surface area contributed by atoms with Crippen molar-refractivity contribution in [3.05, 3.63) is 42.0 Å². The molecule has 0 aliphatic carbocycles. The van der Waals surface area contributed by atoms with Gasteiger partial charge in [-0.1, -0.05) is 49.6 Å². The van der Waals surface area contributed by atoms with Crippen molar-refractivity contribution in [2.75, 3.05) is 18.1 Å². The lowest BCUT2D eigenvalue weighted by atomic mass is 9.77. The molecule has 2 fully saturated rings. The van der Waals surface area contributed by atoms with E-state index in [1.807, 2.05) is 43.3 Å². The van der Waals surface area contributed by atoms with Gasteiger partial charge in [-0.25, -0.2) is 0 Å². The lowest BCUT2D eigenvalue weighted by Crippen LogP contribution is -2.40. The third kappa shape index (κ3) is 2.65. The molecule has 5 nitrogen and oxygen atoms in total. The predicted octanol–water partition coefficient (Wildman–Crippen LogP) is 3.01.